The molecule has 3 aromatic rings. The van der Waals surface area contributed by atoms with Crippen LogP contribution in [0.25, 0.3) is 10.8 Å². The molecule has 1 amide bonds. The molecule has 3 heterocycles. The molecular weight excluding hydrogens is 324 g/mol. The lowest BCUT2D eigenvalue weighted by atomic mass is 10.0. The van der Waals surface area contributed by atoms with Gasteiger partial charge in [0.25, 0.3) is 5.91 Å². The zero-order valence-corrected chi connectivity index (χ0v) is 14.0. The van der Waals surface area contributed by atoms with E-state index in [1.807, 2.05) is 25.1 Å². The maximum Gasteiger partial charge on any atom is 0.259 e. The van der Waals surface area contributed by atoms with Crippen molar-refractivity contribution < 1.29 is 9.53 Å². The van der Waals surface area contributed by atoms with Crippen LogP contribution in [0.1, 0.15) is 39.9 Å². The van der Waals surface area contributed by atoms with Gasteiger partial charge < -0.3 is 4.74 Å². The monoisotopic (exact) mass is 340 g/mol. The molecule has 1 aliphatic rings. The van der Waals surface area contributed by atoms with E-state index in [9.17, 15) is 4.79 Å². The van der Waals surface area contributed by atoms with Crippen molar-refractivity contribution in [2.24, 2.45) is 0 Å². The Morgan fingerprint density at radius 2 is 2.21 bits per heavy atom. The normalized spacial score (nSPS) is 17.3. The molecule has 6 nitrogen and oxygen atoms in total. The number of nitrogens with one attached hydrogen (secondary N) is 1. The molecule has 2 aromatic heterocycles. The highest BCUT2D eigenvalue weighted by atomic mass is 32.1. The van der Waals surface area contributed by atoms with E-state index in [0.29, 0.717) is 10.7 Å². The van der Waals surface area contributed by atoms with Crippen LogP contribution in [0.5, 0.6) is 0 Å². The van der Waals surface area contributed by atoms with Gasteiger partial charge in [0.1, 0.15) is 11.1 Å². The minimum Gasteiger partial charge on any atom is -0.371 e. The highest BCUT2D eigenvalue weighted by molar-refractivity contribution is 7.15. The minimum absolute atomic E-state index is 0.00928. The summed E-state index contributed by atoms with van der Waals surface area (Å²) in [6, 6.07) is 5.87. The summed E-state index contributed by atoms with van der Waals surface area (Å²) in [4.78, 5) is 16.8. The summed E-state index contributed by atoms with van der Waals surface area (Å²) < 4.78 is 5.60. The first-order valence-electron chi connectivity index (χ1n) is 7.82. The van der Waals surface area contributed by atoms with Gasteiger partial charge in [-0.2, -0.15) is 0 Å². The summed E-state index contributed by atoms with van der Waals surface area (Å²) in [6.07, 6.45) is 5.36. The van der Waals surface area contributed by atoms with E-state index >= 15 is 0 Å². The van der Waals surface area contributed by atoms with Crippen molar-refractivity contribution >= 4 is 33.1 Å². The lowest BCUT2D eigenvalue weighted by molar-refractivity contribution is 0.102. The number of aromatic nitrogens is 3. The van der Waals surface area contributed by atoms with Crippen LogP contribution in [0, 0.1) is 6.92 Å². The second-order valence-corrected chi connectivity index (χ2v) is 6.77. The number of hydrogen-bond donors (Lipinski definition) is 1. The Hall–Kier alpha value is -2.38. The molecule has 0 radical (unpaired) electrons. The topological polar surface area (TPSA) is 77.0 Å². The third kappa shape index (κ3) is 2.76. The van der Waals surface area contributed by atoms with E-state index in [4.69, 9.17) is 4.74 Å². The Morgan fingerprint density at radius 3 is 3.04 bits per heavy atom. The second-order valence-electron chi connectivity index (χ2n) is 5.76. The molecule has 7 heteroatoms. The van der Waals surface area contributed by atoms with E-state index in [0.717, 1.165) is 40.8 Å². The van der Waals surface area contributed by atoms with Crippen LogP contribution in [0.4, 0.5) is 5.13 Å². The number of ether oxygens (including phenoxy) is 1. The summed E-state index contributed by atoms with van der Waals surface area (Å²) in [5.74, 6) is -0.228. The van der Waals surface area contributed by atoms with Crippen molar-refractivity contribution in [3.63, 3.8) is 0 Å². The molecular formula is C17H16N4O2S. The largest absolute Gasteiger partial charge is 0.371 e. The lowest BCUT2D eigenvalue weighted by Gasteiger charge is -2.07. The smallest absolute Gasteiger partial charge is 0.259 e. The van der Waals surface area contributed by atoms with Crippen molar-refractivity contribution in [2.75, 3.05) is 11.9 Å². The summed E-state index contributed by atoms with van der Waals surface area (Å²) in [7, 11) is 0. The maximum absolute atomic E-state index is 12.6. The molecule has 0 aliphatic carbocycles. The van der Waals surface area contributed by atoms with Crippen LogP contribution in [0.2, 0.25) is 0 Å². The molecule has 0 spiro atoms. The van der Waals surface area contributed by atoms with Crippen LogP contribution in [0.15, 0.2) is 30.6 Å². The first kappa shape index (κ1) is 15.2. The number of anilines is 1. The van der Waals surface area contributed by atoms with Crippen molar-refractivity contribution in [1.82, 2.24) is 15.2 Å². The molecule has 0 saturated carbocycles. The third-order valence-corrected chi connectivity index (χ3v) is 5.06. The molecule has 0 bridgehead atoms. The Morgan fingerprint density at radius 1 is 1.29 bits per heavy atom. The first-order valence-corrected chi connectivity index (χ1v) is 8.64. The van der Waals surface area contributed by atoms with Gasteiger partial charge in [-0.15, -0.1) is 10.2 Å². The van der Waals surface area contributed by atoms with Crippen LogP contribution >= 0.6 is 11.3 Å². The van der Waals surface area contributed by atoms with Gasteiger partial charge in [-0.1, -0.05) is 29.5 Å². The molecule has 1 N–H and O–H groups in total. The molecule has 4 rings (SSSR count). The number of aryl methyl sites for hydroxylation is 1. The Balaban J connectivity index is 1.60. The van der Waals surface area contributed by atoms with Crippen molar-refractivity contribution in [2.45, 2.75) is 25.9 Å². The quantitative estimate of drug-likeness (QED) is 0.789. The molecule has 1 aromatic carbocycles. The van der Waals surface area contributed by atoms with E-state index in [1.165, 1.54) is 11.3 Å². The van der Waals surface area contributed by atoms with Gasteiger partial charge in [0.2, 0.25) is 5.13 Å². The number of fused-ring (bicyclic) bond motifs is 1. The van der Waals surface area contributed by atoms with Crippen molar-refractivity contribution in [1.29, 1.82) is 0 Å². The fourth-order valence-corrected chi connectivity index (χ4v) is 3.70. The second kappa shape index (κ2) is 6.26. The molecule has 122 valence electrons. The van der Waals surface area contributed by atoms with Gasteiger partial charge in [-0.05, 0) is 30.7 Å². The average Bonchev–Trinajstić information content (AvgIpc) is 3.26. The number of rotatable bonds is 3. The Labute approximate surface area is 142 Å². The number of carbonyl (C=O) groups excluding carboxylic acids is 1. The van der Waals surface area contributed by atoms with Crippen molar-refractivity contribution in [3.8, 4) is 0 Å². The highest BCUT2D eigenvalue weighted by Gasteiger charge is 2.22. The van der Waals surface area contributed by atoms with Gasteiger partial charge in [-0.3, -0.25) is 15.1 Å². The van der Waals surface area contributed by atoms with E-state index in [1.54, 1.807) is 12.4 Å². The standard InChI is InChI=1S/C17H16N4O2S/c1-10-4-2-5-11-12(10)8-18-9-13(11)15(22)19-17-21-20-16(24-17)14-6-3-7-23-14/h2,4-5,8-9,14H,3,6-7H2,1H3,(H,19,21,22). The summed E-state index contributed by atoms with van der Waals surface area (Å²) in [5.41, 5.74) is 1.62. The van der Waals surface area contributed by atoms with Gasteiger partial charge in [0, 0.05) is 24.4 Å². The summed E-state index contributed by atoms with van der Waals surface area (Å²) in [5, 5.41) is 14.2. The molecule has 24 heavy (non-hydrogen) atoms. The Kier molecular flexibility index (Phi) is 3.95. The van der Waals surface area contributed by atoms with E-state index in [-0.39, 0.29) is 12.0 Å². The number of amides is 1. The van der Waals surface area contributed by atoms with Crippen LogP contribution in [-0.2, 0) is 4.74 Å². The molecule has 1 unspecified atom stereocenters. The van der Waals surface area contributed by atoms with Crippen LogP contribution in [0.3, 0.4) is 0 Å². The number of pyridine rings is 1. The van der Waals surface area contributed by atoms with Gasteiger partial charge in [-0.25, -0.2) is 0 Å². The zero-order valence-electron chi connectivity index (χ0n) is 13.2. The predicted molar refractivity (Wildman–Crippen MR) is 92.3 cm³/mol. The number of nitrogens with zero attached hydrogens (tertiary/aromatic N) is 3. The predicted octanol–water partition coefficient (Wildman–Crippen LogP) is 3.50. The van der Waals surface area contributed by atoms with Crippen LogP contribution in [-0.4, -0.2) is 27.7 Å². The highest BCUT2D eigenvalue weighted by Crippen LogP contribution is 2.32. The first-order chi connectivity index (χ1) is 11.7. The Bertz CT molecular complexity index is 902. The number of benzene rings is 1. The van der Waals surface area contributed by atoms with Gasteiger partial charge in [0.15, 0.2) is 0 Å². The van der Waals surface area contributed by atoms with E-state index in [2.05, 4.69) is 20.5 Å². The molecule has 1 saturated heterocycles. The SMILES string of the molecule is Cc1cccc2c(C(=O)Nc3nnc(C4CCCO4)s3)cncc12. The average molecular weight is 340 g/mol. The zero-order chi connectivity index (χ0) is 16.5. The molecule has 1 atom stereocenters. The lowest BCUT2D eigenvalue weighted by Crippen LogP contribution is -2.12. The fourth-order valence-electron chi connectivity index (χ4n) is 2.88. The third-order valence-electron chi connectivity index (χ3n) is 4.13. The van der Waals surface area contributed by atoms with Crippen molar-refractivity contribution in [3.05, 3.63) is 46.7 Å². The van der Waals surface area contributed by atoms with Gasteiger partial charge in [0.05, 0.1) is 5.56 Å². The number of hydrogen-bond acceptors (Lipinski definition) is 6. The van der Waals surface area contributed by atoms with Crippen LogP contribution < -0.4 is 5.32 Å². The summed E-state index contributed by atoms with van der Waals surface area (Å²) in [6.45, 7) is 2.76. The molecule has 1 fully saturated rings. The van der Waals surface area contributed by atoms with E-state index < -0.39 is 0 Å². The fraction of sp³-hybridized carbons (Fsp3) is 0.294. The maximum atomic E-state index is 12.6. The number of carbonyl (C=O) groups is 1. The minimum atomic E-state index is -0.228. The summed E-state index contributed by atoms with van der Waals surface area (Å²) >= 11 is 1.36. The molecule has 1 aliphatic heterocycles. The van der Waals surface area contributed by atoms with Gasteiger partial charge >= 0.3 is 0 Å².